The third-order valence-corrected chi connectivity index (χ3v) is 4.00. The van der Waals surface area contributed by atoms with Crippen molar-refractivity contribution < 1.29 is 23.9 Å². The zero-order chi connectivity index (χ0) is 20.4. The highest BCUT2D eigenvalue weighted by Gasteiger charge is 2.41. The van der Waals surface area contributed by atoms with E-state index in [1.165, 1.54) is 13.8 Å². The molecule has 0 aliphatic carbocycles. The summed E-state index contributed by atoms with van der Waals surface area (Å²) in [6.07, 6.45) is 0. The van der Waals surface area contributed by atoms with Gasteiger partial charge in [0, 0.05) is 5.56 Å². The van der Waals surface area contributed by atoms with Crippen molar-refractivity contribution in [2.24, 2.45) is 16.9 Å². The molecule has 0 saturated heterocycles. The molecule has 0 aliphatic rings. The topological polar surface area (TPSA) is 94.1 Å². The lowest BCUT2D eigenvalue weighted by Gasteiger charge is -2.22. The quantitative estimate of drug-likeness (QED) is 0.226. The predicted molar refractivity (Wildman–Crippen MR) is 105 cm³/mol. The number of hydrogen-bond acceptors (Lipinski definition) is 7. The van der Waals surface area contributed by atoms with E-state index in [2.05, 4.69) is 10.5 Å². The van der Waals surface area contributed by atoms with Crippen molar-refractivity contribution >= 4 is 40.6 Å². The molecule has 0 heterocycles. The fourth-order valence-corrected chi connectivity index (χ4v) is 2.59. The lowest BCUT2D eigenvalue weighted by atomic mass is 9.85. The number of nitrogens with one attached hydrogen (secondary N) is 1. The first kappa shape index (κ1) is 22.4. The van der Waals surface area contributed by atoms with E-state index in [9.17, 15) is 14.4 Å². The van der Waals surface area contributed by atoms with Crippen molar-refractivity contribution in [1.29, 1.82) is 0 Å². The molecule has 146 valence electrons. The van der Waals surface area contributed by atoms with Crippen LogP contribution < -0.4 is 5.43 Å². The third-order valence-electron chi connectivity index (χ3n) is 3.67. The Labute approximate surface area is 164 Å². The highest BCUT2D eigenvalue weighted by atomic mass is 32.1. The lowest BCUT2D eigenvalue weighted by molar-refractivity contribution is -0.160. The first-order chi connectivity index (χ1) is 12.8. The van der Waals surface area contributed by atoms with Crippen molar-refractivity contribution in [2.75, 3.05) is 13.2 Å². The van der Waals surface area contributed by atoms with Crippen LogP contribution in [0.25, 0.3) is 0 Å². The Morgan fingerprint density at radius 2 is 1.52 bits per heavy atom. The predicted octanol–water partition coefficient (Wildman–Crippen LogP) is 2.28. The SMILES string of the molecule is CCOC(=O)[C@@H](C(C)=O)[C@H](C(=O)OCC)/C(C)=N\NC(=S)c1ccccc1. The first-order valence-electron chi connectivity index (χ1n) is 8.56. The molecule has 2 atom stereocenters. The normalized spacial score (nSPS) is 13.3. The van der Waals surface area contributed by atoms with Gasteiger partial charge in [-0.05, 0) is 27.7 Å². The minimum absolute atomic E-state index is 0.0880. The Balaban J connectivity index is 3.13. The second-order valence-electron chi connectivity index (χ2n) is 5.63. The zero-order valence-electron chi connectivity index (χ0n) is 15.9. The number of Topliss-reactive ketones (excluding diaryl/α,β-unsaturated/α-hetero) is 1. The standard InChI is InChI=1S/C19H24N2O5S/c1-5-25-18(23)15(16(13(4)22)19(24)26-6-2)12(3)20-21-17(27)14-10-8-7-9-11-14/h7-11,15-16H,5-6H2,1-4H3,(H,21,27)/b20-12-/t15-,16+/m1/s1. The molecule has 8 heteroatoms. The minimum atomic E-state index is -1.33. The van der Waals surface area contributed by atoms with Gasteiger partial charge < -0.3 is 9.47 Å². The van der Waals surface area contributed by atoms with Crippen LogP contribution in [-0.4, -0.2) is 41.6 Å². The highest BCUT2D eigenvalue weighted by Crippen LogP contribution is 2.20. The van der Waals surface area contributed by atoms with Crippen LogP contribution in [0.1, 0.15) is 33.3 Å². The second kappa shape index (κ2) is 11.2. The van der Waals surface area contributed by atoms with E-state index in [1.54, 1.807) is 26.0 Å². The molecular formula is C19H24N2O5S. The molecule has 0 aliphatic heterocycles. The van der Waals surface area contributed by atoms with Gasteiger partial charge in [-0.2, -0.15) is 5.10 Å². The fraction of sp³-hybridized carbons (Fsp3) is 0.421. The molecule has 1 aromatic carbocycles. The van der Waals surface area contributed by atoms with Crippen molar-refractivity contribution in [3.63, 3.8) is 0 Å². The molecule has 0 bridgehead atoms. The molecule has 0 saturated carbocycles. The van der Waals surface area contributed by atoms with Crippen LogP contribution in [0.4, 0.5) is 0 Å². The molecule has 0 spiro atoms. The average Bonchev–Trinajstić information content (AvgIpc) is 2.64. The summed E-state index contributed by atoms with van der Waals surface area (Å²) < 4.78 is 9.99. The number of hydrogen-bond donors (Lipinski definition) is 1. The average molecular weight is 392 g/mol. The van der Waals surface area contributed by atoms with E-state index in [1.807, 2.05) is 18.2 Å². The first-order valence-corrected chi connectivity index (χ1v) is 8.97. The van der Waals surface area contributed by atoms with Crippen LogP contribution in [0.2, 0.25) is 0 Å². The number of carbonyl (C=O) groups is 3. The summed E-state index contributed by atoms with van der Waals surface area (Å²) in [5, 5.41) is 4.11. The molecule has 1 aromatic rings. The summed E-state index contributed by atoms with van der Waals surface area (Å²) in [6, 6.07) is 9.12. The summed E-state index contributed by atoms with van der Waals surface area (Å²) in [7, 11) is 0. The number of esters is 2. The van der Waals surface area contributed by atoms with E-state index < -0.39 is 29.6 Å². The van der Waals surface area contributed by atoms with Crippen molar-refractivity contribution in [1.82, 2.24) is 5.43 Å². The number of carbonyl (C=O) groups excluding carboxylic acids is 3. The van der Waals surface area contributed by atoms with E-state index in [0.29, 0.717) is 4.99 Å². The Bertz CT molecular complexity index is 718. The maximum absolute atomic E-state index is 12.4. The van der Waals surface area contributed by atoms with Gasteiger partial charge in [0.2, 0.25) is 0 Å². The summed E-state index contributed by atoms with van der Waals surface area (Å²) in [4.78, 5) is 37.1. The molecule has 0 radical (unpaired) electrons. The number of ether oxygens (including phenoxy) is 2. The van der Waals surface area contributed by atoms with E-state index in [0.717, 1.165) is 5.56 Å². The van der Waals surface area contributed by atoms with Gasteiger partial charge in [0.1, 0.15) is 22.6 Å². The lowest BCUT2D eigenvalue weighted by Crippen LogP contribution is -2.41. The van der Waals surface area contributed by atoms with Gasteiger partial charge in [-0.15, -0.1) is 0 Å². The van der Waals surface area contributed by atoms with Crippen molar-refractivity contribution in [3.8, 4) is 0 Å². The molecule has 0 aromatic heterocycles. The smallest absolute Gasteiger partial charge is 0.317 e. The molecular weight excluding hydrogens is 368 g/mol. The van der Waals surface area contributed by atoms with Gasteiger partial charge in [0.25, 0.3) is 0 Å². The van der Waals surface area contributed by atoms with Gasteiger partial charge in [-0.3, -0.25) is 19.8 Å². The Morgan fingerprint density at radius 3 is 2.00 bits per heavy atom. The number of benzene rings is 1. The van der Waals surface area contributed by atoms with E-state index in [4.69, 9.17) is 21.7 Å². The molecule has 0 amide bonds. The van der Waals surface area contributed by atoms with Gasteiger partial charge in [0.15, 0.2) is 0 Å². The second-order valence-corrected chi connectivity index (χ2v) is 6.04. The Kier molecular flexibility index (Phi) is 9.29. The number of hydrazone groups is 1. The van der Waals surface area contributed by atoms with Gasteiger partial charge in [0.05, 0.1) is 18.9 Å². The van der Waals surface area contributed by atoms with Crippen LogP contribution in [0.3, 0.4) is 0 Å². The fourth-order valence-electron chi connectivity index (χ4n) is 2.41. The van der Waals surface area contributed by atoms with E-state index in [-0.39, 0.29) is 18.9 Å². The highest BCUT2D eigenvalue weighted by molar-refractivity contribution is 7.80. The number of ketones is 1. The number of thiocarbonyl (C=S) groups is 1. The van der Waals surface area contributed by atoms with Crippen molar-refractivity contribution in [2.45, 2.75) is 27.7 Å². The number of nitrogens with zero attached hydrogens (tertiary/aromatic N) is 1. The molecule has 0 unspecified atom stereocenters. The van der Waals surface area contributed by atoms with E-state index >= 15 is 0 Å². The maximum Gasteiger partial charge on any atom is 0.317 e. The Morgan fingerprint density at radius 1 is 1.00 bits per heavy atom. The summed E-state index contributed by atoms with van der Waals surface area (Å²) in [5.74, 6) is -4.55. The minimum Gasteiger partial charge on any atom is -0.465 e. The molecule has 0 fully saturated rings. The Hall–Kier alpha value is -2.61. The van der Waals surface area contributed by atoms with Crippen LogP contribution in [0, 0.1) is 11.8 Å². The summed E-state index contributed by atoms with van der Waals surface area (Å²) in [6.45, 7) is 6.20. The molecule has 27 heavy (non-hydrogen) atoms. The largest absolute Gasteiger partial charge is 0.465 e. The maximum atomic E-state index is 12.4. The van der Waals surface area contributed by atoms with Crippen molar-refractivity contribution in [3.05, 3.63) is 35.9 Å². The monoisotopic (exact) mass is 392 g/mol. The molecule has 1 rings (SSSR count). The van der Waals surface area contributed by atoms with Crippen LogP contribution >= 0.6 is 12.2 Å². The summed E-state index contributed by atoms with van der Waals surface area (Å²) in [5.41, 5.74) is 3.62. The van der Waals surface area contributed by atoms with Crippen LogP contribution in [0.5, 0.6) is 0 Å². The number of rotatable bonds is 9. The van der Waals surface area contributed by atoms with Gasteiger partial charge in [-0.1, -0.05) is 42.5 Å². The van der Waals surface area contributed by atoms with Crippen LogP contribution in [0.15, 0.2) is 35.4 Å². The van der Waals surface area contributed by atoms with Gasteiger partial charge in [-0.25, -0.2) is 0 Å². The molecule has 7 nitrogen and oxygen atoms in total. The third kappa shape index (κ3) is 6.56. The molecule has 1 N–H and O–H groups in total. The van der Waals surface area contributed by atoms with Crippen LogP contribution in [-0.2, 0) is 23.9 Å². The summed E-state index contributed by atoms with van der Waals surface area (Å²) >= 11 is 5.26. The van der Waals surface area contributed by atoms with Gasteiger partial charge >= 0.3 is 11.9 Å². The zero-order valence-corrected chi connectivity index (χ0v) is 16.7.